The maximum Gasteiger partial charge on any atom is 0.354 e. The lowest BCUT2D eigenvalue weighted by Crippen LogP contribution is -2.10. The van der Waals surface area contributed by atoms with Crippen LogP contribution in [0.15, 0.2) is 0 Å². The van der Waals surface area contributed by atoms with E-state index in [0.29, 0.717) is 0 Å². The Morgan fingerprint density at radius 2 is 2.07 bits per heavy atom. The maximum absolute atomic E-state index is 11.0. The molecule has 0 bridgehead atoms. The van der Waals surface area contributed by atoms with Gasteiger partial charge >= 0.3 is 5.97 Å². The van der Waals surface area contributed by atoms with Crippen molar-refractivity contribution in [3.8, 4) is 0 Å². The molecule has 0 aliphatic heterocycles. The second-order valence-corrected chi connectivity index (χ2v) is 4.10. The number of aromatic carboxylic acids is 1. The van der Waals surface area contributed by atoms with E-state index in [4.69, 9.17) is 17.3 Å². The Kier molecular flexibility index (Phi) is 2.81. The Labute approximate surface area is 92.4 Å². The highest BCUT2D eigenvalue weighted by atomic mass is 32.1. The van der Waals surface area contributed by atoms with E-state index in [-0.39, 0.29) is 10.5 Å². The molecular formula is C10H12N2O2S. The Balaban J connectivity index is 2.59. The smallest absolute Gasteiger partial charge is 0.354 e. The van der Waals surface area contributed by atoms with Gasteiger partial charge in [-0.25, -0.2) is 9.78 Å². The number of H-pyrrole nitrogens is 1. The number of aromatic amines is 1. The molecule has 2 rings (SSSR count). The zero-order valence-electron chi connectivity index (χ0n) is 8.25. The van der Waals surface area contributed by atoms with Crippen LogP contribution in [0.2, 0.25) is 0 Å². The molecule has 0 unspecified atom stereocenters. The molecule has 0 saturated carbocycles. The molecule has 0 spiro atoms. The lowest BCUT2D eigenvalue weighted by Gasteiger charge is -2.07. The first kappa shape index (κ1) is 10.3. The van der Waals surface area contributed by atoms with Crippen molar-refractivity contribution in [3.05, 3.63) is 21.7 Å². The van der Waals surface area contributed by atoms with Gasteiger partial charge in [0.1, 0.15) is 0 Å². The number of carboxylic acids is 1. The summed E-state index contributed by atoms with van der Waals surface area (Å²) in [6, 6.07) is 0. The third-order valence-electron chi connectivity index (χ3n) is 2.68. The molecule has 0 aromatic carbocycles. The number of carboxylic acid groups (broad SMARTS) is 1. The molecule has 15 heavy (non-hydrogen) atoms. The summed E-state index contributed by atoms with van der Waals surface area (Å²) in [6.07, 6.45) is 4.91. The molecule has 1 aromatic heterocycles. The number of hydrogen-bond donors (Lipinski definition) is 2. The number of hydrogen-bond acceptors (Lipinski definition) is 3. The Bertz CT molecular complexity index is 453. The Morgan fingerprint density at radius 1 is 1.33 bits per heavy atom. The number of aryl methyl sites for hydroxylation is 1. The first-order valence-corrected chi connectivity index (χ1v) is 5.44. The van der Waals surface area contributed by atoms with E-state index in [1.807, 2.05) is 0 Å². The minimum absolute atomic E-state index is 0.135. The minimum atomic E-state index is -0.978. The van der Waals surface area contributed by atoms with Gasteiger partial charge in [0.15, 0.2) is 10.5 Å². The first-order valence-electron chi connectivity index (χ1n) is 5.04. The van der Waals surface area contributed by atoms with E-state index in [9.17, 15) is 4.79 Å². The normalized spacial score (nSPS) is 15.5. The second kappa shape index (κ2) is 4.10. The molecule has 0 fully saturated rings. The number of nitrogens with one attached hydrogen (secondary N) is 1. The summed E-state index contributed by atoms with van der Waals surface area (Å²) in [5.74, 6) is -0.978. The summed E-state index contributed by atoms with van der Waals surface area (Å²) in [5.41, 5.74) is 1.94. The van der Waals surface area contributed by atoms with Crippen LogP contribution in [-0.2, 0) is 12.8 Å². The van der Waals surface area contributed by atoms with Crippen LogP contribution in [-0.4, -0.2) is 21.0 Å². The molecule has 1 aromatic rings. The average Bonchev–Trinajstić information content (AvgIpc) is 2.41. The maximum atomic E-state index is 11.0. The molecule has 0 atom stereocenters. The highest BCUT2D eigenvalue weighted by molar-refractivity contribution is 7.71. The van der Waals surface area contributed by atoms with E-state index < -0.39 is 5.97 Å². The van der Waals surface area contributed by atoms with Gasteiger partial charge in [-0.2, -0.15) is 0 Å². The summed E-state index contributed by atoms with van der Waals surface area (Å²) in [7, 11) is 0. The topological polar surface area (TPSA) is 66.0 Å². The van der Waals surface area contributed by atoms with Crippen LogP contribution in [0.25, 0.3) is 0 Å². The molecular weight excluding hydrogens is 212 g/mol. The highest BCUT2D eigenvalue weighted by Crippen LogP contribution is 2.20. The van der Waals surface area contributed by atoms with Crippen LogP contribution in [0.5, 0.6) is 0 Å². The summed E-state index contributed by atoms with van der Waals surface area (Å²) in [4.78, 5) is 17.9. The molecule has 2 N–H and O–H groups in total. The van der Waals surface area contributed by atoms with E-state index in [1.54, 1.807) is 0 Å². The van der Waals surface area contributed by atoms with Crippen LogP contribution in [0.4, 0.5) is 0 Å². The van der Waals surface area contributed by atoms with Crippen molar-refractivity contribution in [1.82, 2.24) is 9.97 Å². The third kappa shape index (κ3) is 2.07. The van der Waals surface area contributed by atoms with Gasteiger partial charge in [0.25, 0.3) is 0 Å². The van der Waals surface area contributed by atoms with Crippen LogP contribution >= 0.6 is 12.2 Å². The summed E-state index contributed by atoms with van der Waals surface area (Å²) in [6.45, 7) is 0. The lowest BCUT2D eigenvalue weighted by atomic mass is 10.1. The van der Waals surface area contributed by atoms with Crippen molar-refractivity contribution in [1.29, 1.82) is 0 Å². The molecule has 0 radical (unpaired) electrons. The summed E-state index contributed by atoms with van der Waals surface area (Å²) in [5, 5.41) is 9.03. The molecule has 5 heteroatoms. The van der Waals surface area contributed by atoms with Gasteiger partial charge in [-0.1, -0.05) is 6.42 Å². The fourth-order valence-electron chi connectivity index (χ4n) is 1.98. The standard InChI is InChI=1S/C10H12N2O2S/c13-9(14)8-6-4-2-1-3-5-7(6)11-10(15)12-8/h1-5H2,(H,13,14)(H,11,12,15). The third-order valence-corrected chi connectivity index (χ3v) is 2.87. The largest absolute Gasteiger partial charge is 0.476 e. The Morgan fingerprint density at radius 3 is 2.80 bits per heavy atom. The zero-order chi connectivity index (χ0) is 10.8. The predicted octanol–water partition coefficient (Wildman–Crippen LogP) is 2.11. The van der Waals surface area contributed by atoms with Crippen molar-refractivity contribution in [3.63, 3.8) is 0 Å². The highest BCUT2D eigenvalue weighted by Gasteiger charge is 2.18. The van der Waals surface area contributed by atoms with E-state index in [0.717, 1.165) is 43.4 Å². The Hall–Kier alpha value is -1.23. The molecule has 0 amide bonds. The molecule has 4 nitrogen and oxygen atoms in total. The number of aromatic nitrogens is 2. The number of nitrogens with zero attached hydrogens (tertiary/aromatic N) is 1. The second-order valence-electron chi connectivity index (χ2n) is 3.71. The van der Waals surface area contributed by atoms with Gasteiger partial charge < -0.3 is 10.1 Å². The van der Waals surface area contributed by atoms with Gasteiger partial charge in [-0.15, -0.1) is 0 Å². The number of fused-ring (bicyclic) bond motifs is 1. The van der Waals surface area contributed by atoms with Gasteiger partial charge in [-0.05, 0) is 37.9 Å². The SMILES string of the molecule is O=C(O)c1nc(=S)[nH]c2c1CCCCC2. The fraction of sp³-hybridized carbons (Fsp3) is 0.500. The summed E-state index contributed by atoms with van der Waals surface area (Å²) < 4.78 is 0.271. The van der Waals surface area contributed by atoms with Crippen molar-refractivity contribution < 1.29 is 9.90 Å². The molecule has 1 aliphatic rings. The van der Waals surface area contributed by atoms with Crippen molar-refractivity contribution in [2.75, 3.05) is 0 Å². The van der Waals surface area contributed by atoms with Gasteiger partial charge in [-0.3, -0.25) is 0 Å². The fourth-order valence-corrected chi connectivity index (χ4v) is 2.20. The summed E-state index contributed by atoms with van der Waals surface area (Å²) >= 11 is 4.92. The number of carbonyl (C=O) groups is 1. The van der Waals surface area contributed by atoms with E-state index in [1.165, 1.54) is 0 Å². The van der Waals surface area contributed by atoms with Crippen LogP contribution in [0.3, 0.4) is 0 Å². The monoisotopic (exact) mass is 224 g/mol. The van der Waals surface area contributed by atoms with Gasteiger partial charge in [0, 0.05) is 11.3 Å². The molecule has 1 aliphatic carbocycles. The van der Waals surface area contributed by atoms with Crippen molar-refractivity contribution in [2.24, 2.45) is 0 Å². The van der Waals surface area contributed by atoms with Gasteiger partial charge in [0.05, 0.1) is 0 Å². The molecule has 1 heterocycles. The molecule has 80 valence electrons. The van der Waals surface area contributed by atoms with Crippen LogP contribution in [0.1, 0.15) is 41.0 Å². The number of rotatable bonds is 1. The first-order chi connectivity index (χ1) is 7.18. The quantitative estimate of drug-likeness (QED) is 0.566. The van der Waals surface area contributed by atoms with E-state index >= 15 is 0 Å². The lowest BCUT2D eigenvalue weighted by molar-refractivity contribution is 0.0688. The molecule has 0 saturated heterocycles. The van der Waals surface area contributed by atoms with Crippen LogP contribution < -0.4 is 0 Å². The predicted molar refractivity (Wildman–Crippen MR) is 57.6 cm³/mol. The van der Waals surface area contributed by atoms with Crippen LogP contribution in [0, 0.1) is 4.77 Å². The minimum Gasteiger partial charge on any atom is -0.476 e. The zero-order valence-corrected chi connectivity index (χ0v) is 9.06. The average molecular weight is 224 g/mol. The van der Waals surface area contributed by atoms with E-state index in [2.05, 4.69) is 9.97 Å². The van der Waals surface area contributed by atoms with Crippen molar-refractivity contribution in [2.45, 2.75) is 32.1 Å². The van der Waals surface area contributed by atoms with Gasteiger partial charge in [0.2, 0.25) is 0 Å². The van der Waals surface area contributed by atoms with Crippen molar-refractivity contribution >= 4 is 18.2 Å².